The van der Waals surface area contributed by atoms with Crippen molar-refractivity contribution in [3.63, 3.8) is 0 Å². The second-order valence-corrected chi connectivity index (χ2v) is 7.39. The van der Waals surface area contributed by atoms with Crippen molar-refractivity contribution >= 4 is 23.4 Å². The van der Waals surface area contributed by atoms with Gasteiger partial charge < -0.3 is 5.32 Å². The molecule has 144 valence electrons. The Kier molecular flexibility index (Phi) is 5.62. The topological polar surface area (TPSA) is 85.6 Å². The molecule has 0 atom stereocenters. The Hall–Kier alpha value is -3.52. The van der Waals surface area contributed by atoms with Gasteiger partial charge in [0.15, 0.2) is 10.9 Å². The summed E-state index contributed by atoms with van der Waals surface area (Å²) in [7, 11) is 0. The molecule has 0 spiro atoms. The highest BCUT2D eigenvalue weighted by Crippen LogP contribution is 2.28. The number of amides is 1. The molecular formula is C21H18N6OS. The van der Waals surface area contributed by atoms with Crippen molar-refractivity contribution in [2.75, 3.05) is 5.32 Å². The molecule has 1 N–H and O–H groups in total. The van der Waals surface area contributed by atoms with E-state index in [9.17, 15) is 4.79 Å². The van der Waals surface area contributed by atoms with Crippen molar-refractivity contribution in [1.82, 2.24) is 25.0 Å². The molecule has 2 aromatic carbocycles. The maximum absolute atomic E-state index is 12.6. The number of aryl methyl sites for hydroxylation is 1. The SMILES string of the molecule is Cc1cc(Sc2ncccn2)ccc1NC(=O)c1cn(Cc2ccccc2)nn1. The average Bonchev–Trinajstić information content (AvgIpc) is 3.20. The van der Waals surface area contributed by atoms with Crippen LogP contribution in [0.25, 0.3) is 0 Å². The monoisotopic (exact) mass is 402 g/mol. The largest absolute Gasteiger partial charge is 0.320 e. The molecule has 1 amide bonds. The minimum atomic E-state index is -0.292. The Bertz CT molecular complexity index is 1110. The van der Waals surface area contributed by atoms with Crippen LogP contribution in [-0.2, 0) is 6.54 Å². The number of carbonyl (C=O) groups excluding carboxylic acids is 1. The third kappa shape index (κ3) is 4.85. The first-order chi connectivity index (χ1) is 14.2. The Morgan fingerprint density at radius 3 is 2.62 bits per heavy atom. The highest BCUT2D eigenvalue weighted by Gasteiger charge is 2.13. The van der Waals surface area contributed by atoms with Gasteiger partial charge in [-0.25, -0.2) is 14.6 Å². The van der Waals surface area contributed by atoms with E-state index in [4.69, 9.17) is 0 Å². The van der Waals surface area contributed by atoms with Crippen LogP contribution in [0, 0.1) is 6.92 Å². The molecule has 8 heteroatoms. The summed E-state index contributed by atoms with van der Waals surface area (Å²) in [5, 5.41) is 11.6. The normalized spacial score (nSPS) is 10.7. The van der Waals surface area contributed by atoms with Crippen LogP contribution in [0.5, 0.6) is 0 Å². The fourth-order valence-corrected chi connectivity index (χ4v) is 3.53. The van der Waals surface area contributed by atoms with Gasteiger partial charge in [-0.15, -0.1) is 5.10 Å². The molecule has 0 bridgehead atoms. The molecule has 2 heterocycles. The summed E-state index contributed by atoms with van der Waals surface area (Å²) in [6, 6.07) is 17.5. The standard InChI is InChI=1S/C21H18N6OS/c1-15-12-17(29-21-22-10-5-11-23-21)8-9-18(15)24-20(28)19-14-27(26-25-19)13-16-6-3-2-4-7-16/h2-12,14H,13H2,1H3,(H,24,28). The first-order valence-electron chi connectivity index (χ1n) is 8.98. The summed E-state index contributed by atoms with van der Waals surface area (Å²) < 4.78 is 1.65. The number of aromatic nitrogens is 5. The molecule has 0 radical (unpaired) electrons. The highest BCUT2D eigenvalue weighted by atomic mass is 32.2. The Balaban J connectivity index is 1.42. The molecule has 0 saturated heterocycles. The van der Waals surface area contributed by atoms with Crippen LogP contribution in [0.1, 0.15) is 21.6 Å². The summed E-state index contributed by atoms with van der Waals surface area (Å²) in [5.41, 5.74) is 3.04. The molecule has 7 nitrogen and oxygen atoms in total. The van der Waals surface area contributed by atoms with Crippen molar-refractivity contribution < 1.29 is 4.79 Å². The van der Waals surface area contributed by atoms with Gasteiger partial charge in [-0.05, 0) is 54.1 Å². The lowest BCUT2D eigenvalue weighted by molar-refractivity contribution is 0.102. The van der Waals surface area contributed by atoms with E-state index in [1.165, 1.54) is 11.8 Å². The zero-order valence-corrected chi connectivity index (χ0v) is 16.5. The zero-order chi connectivity index (χ0) is 20.1. The second-order valence-electron chi connectivity index (χ2n) is 6.35. The first-order valence-corrected chi connectivity index (χ1v) is 9.80. The van der Waals surface area contributed by atoms with Gasteiger partial charge in [0.25, 0.3) is 5.91 Å². The molecule has 29 heavy (non-hydrogen) atoms. The molecule has 4 rings (SSSR count). The van der Waals surface area contributed by atoms with E-state index in [-0.39, 0.29) is 11.6 Å². The average molecular weight is 402 g/mol. The molecule has 0 aliphatic carbocycles. The quantitative estimate of drug-likeness (QED) is 0.494. The molecular weight excluding hydrogens is 384 g/mol. The van der Waals surface area contributed by atoms with Gasteiger partial charge >= 0.3 is 0 Å². The number of nitrogens with one attached hydrogen (secondary N) is 1. The van der Waals surface area contributed by atoms with Crippen LogP contribution in [0.15, 0.2) is 83.2 Å². The summed E-state index contributed by atoms with van der Waals surface area (Å²) in [4.78, 5) is 22.0. The number of hydrogen-bond donors (Lipinski definition) is 1. The van der Waals surface area contributed by atoms with Crippen molar-refractivity contribution in [3.05, 3.63) is 90.0 Å². The number of anilines is 1. The van der Waals surface area contributed by atoms with Gasteiger partial charge in [0.05, 0.1) is 12.7 Å². The van der Waals surface area contributed by atoms with Gasteiger partial charge in [-0.2, -0.15) is 0 Å². The van der Waals surface area contributed by atoms with Crippen LogP contribution in [0.4, 0.5) is 5.69 Å². The van der Waals surface area contributed by atoms with E-state index in [0.29, 0.717) is 11.7 Å². The van der Waals surface area contributed by atoms with Gasteiger partial charge in [0.1, 0.15) is 0 Å². The van der Waals surface area contributed by atoms with Gasteiger partial charge in [-0.3, -0.25) is 4.79 Å². The Morgan fingerprint density at radius 1 is 1.07 bits per heavy atom. The van der Waals surface area contributed by atoms with E-state index in [1.54, 1.807) is 29.3 Å². The van der Waals surface area contributed by atoms with Crippen LogP contribution in [0.3, 0.4) is 0 Å². The Labute approximate surface area is 172 Å². The third-order valence-corrected chi connectivity index (χ3v) is 5.04. The molecule has 0 fully saturated rings. The maximum Gasteiger partial charge on any atom is 0.277 e. The Morgan fingerprint density at radius 2 is 1.86 bits per heavy atom. The molecule has 0 unspecified atom stereocenters. The van der Waals surface area contributed by atoms with Crippen molar-refractivity contribution in [3.8, 4) is 0 Å². The lowest BCUT2D eigenvalue weighted by Crippen LogP contribution is -2.13. The zero-order valence-electron chi connectivity index (χ0n) is 15.7. The fourth-order valence-electron chi connectivity index (χ4n) is 2.72. The molecule has 0 saturated carbocycles. The molecule has 2 aromatic heterocycles. The minimum Gasteiger partial charge on any atom is -0.320 e. The number of benzene rings is 2. The van der Waals surface area contributed by atoms with Crippen LogP contribution >= 0.6 is 11.8 Å². The smallest absolute Gasteiger partial charge is 0.277 e. The van der Waals surface area contributed by atoms with E-state index < -0.39 is 0 Å². The summed E-state index contributed by atoms with van der Waals surface area (Å²) >= 11 is 1.47. The van der Waals surface area contributed by atoms with Crippen LogP contribution in [0.2, 0.25) is 0 Å². The first kappa shape index (κ1) is 18.8. The van der Waals surface area contributed by atoms with Crippen molar-refractivity contribution in [2.45, 2.75) is 23.5 Å². The lowest BCUT2D eigenvalue weighted by atomic mass is 10.2. The van der Waals surface area contributed by atoms with E-state index in [1.807, 2.05) is 55.5 Å². The van der Waals surface area contributed by atoms with Crippen molar-refractivity contribution in [2.24, 2.45) is 0 Å². The predicted molar refractivity (Wildman–Crippen MR) is 111 cm³/mol. The summed E-state index contributed by atoms with van der Waals surface area (Å²) in [5.74, 6) is -0.292. The van der Waals surface area contributed by atoms with Crippen LogP contribution < -0.4 is 5.32 Å². The molecule has 4 aromatic rings. The summed E-state index contributed by atoms with van der Waals surface area (Å²) in [6.45, 7) is 2.51. The summed E-state index contributed by atoms with van der Waals surface area (Å²) in [6.07, 6.45) is 5.07. The van der Waals surface area contributed by atoms with Gasteiger partial charge in [-0.1, -0.05) is 35.5 Å². The highest BCUT2D eigenvalue weighted by molar-refractivity contribution is 7.99. The van der Waals surface area contributed by atoms with E-state index >= 15 is 0 Å². The van der Waals surface area contributed by atoms with Crippen molar-refractivity contribution in [1.29, 1.82) is 0 Å². The number of nitrogens with zero attached hydrogens (tertiary/aromatic N) is 5. The fraction of sp³-hybridized carbons (Fsp3) is 0.0952. The third-order valence-electron chi connectivity index (χ3n) is 4.16. The predicted octanol–water partition coefficient (Wildman–Crippen LogP) is 3.83. The minimum absolute atomic E-state index is 0.275. The van der Waals surface area contributed by atoms with E-state index in [2.05, 4.69) is 25.6 Å². The van der Waals surface area contributed by atoms with Gasteiger partial charge in [0, 0.05) is 23.0 Å². The molecule has 0 aliphatic heterocycles. The maximum atomic E-state index is 12.6. The van der Waals surface area contributed by atoms with Crippen LogP contribution in [-0.4, -0.2) is 30.9 Å². The number of hydrogen-bond acceptors (Lipinski definition) is 6. The van der Waals surface area contributed by atoms with E-state index in [0.717, 1.165) is 21.7 Å². The lowest BCUT2D eigenvalue weighted by Gasteiger charge is -2.08. The number of carbonyl (C=O) groups is 1. The molecule has 0 aliphatic rings. The second kappa shape index (κ2) is 8.66. The number of rotatable bonds is 6. The van der Waals surface area contributed by atoms with Gasteiger partial charge in [0.2, 0.25) is 0 Å².